The predicted molar refractivity (Wildman–Crippen MR) is 111 cm³/mol. The van der Waals surface area contributed by atoms with Crippen LogP contribution in [-0.4, -0.2) is 64.8 Å². The molecular formula is C20H24ClN3O4S. The molecule has 1 fully saturated rings. The smallest absolute Gasteiger partial charge is 0.240 e. The Labute approximate surface area is 176 Å². The number of ether oxygens (including phenoxy) is 2. The summed E-state index contributed by atoms with van der Waals surface area (Å²) in [7, 11) is -1.63. The number of sulfonamides is 1. The van der Waals surface area contributed by atoms with Crippen molar-refractivity contribution in [1.29, 1.82) is 0 Å². The molecular weight excluding hydrogens is 414 g/mol. The van der Waals surface area contributed by atoms with Crippen molar-refractivity contribution in [2.24, 2.45) is 0 Å². The third kappa shape index (κ3) is 4.51. The number of nitrogens with zero attached hydrogens (tertiary/aromatic N) is 2. The highest BCUT2D eigenvalue weighted by Gasteiger charge is 2.28. The summed E-state index contributed by atoms with van der Waals surface area (Å²) in [6.07, 6.45) is 0. The van der Waals surface area contributed by atoms with E-state index in [-0.39, 0.29) is 24.3 Å². The molecule has 7 nitrogen and oxygen atoms in total. The van der Waals surface area contributed by atoms with Gasteiger partial charge in [-0.05, 0) is 30.8 Å². The Morgan fingerprint density at radius 3 is 2.55 bits per heavy atom. The summed E-state index contributed by atoms with van der Waals surface area (Å²) >= 11 is 6.45. The zero-order valence-electron chi connectivity index (χ0n) is 16.2. The van der Waals surface area contributed by atoms with Gasteiger partial charge < -0.3 is 14.4 Å². The average molecular weight is 438 g/mol. The highest BCUT2D eigenvalue weighted by molar-refractivity contribution is 7.89. The second-order valence-electron chi connectivity index (χ2n) is 7.24. The predicted octanol–water partition coefficient (Wildman–Crippen LogP) is 2.34. The molecule has 1 saturated heterocycles. The minimum absolute atomic E-state index is 0.101. The van der Waals surface area contributed by atoms with E-state index >= 15 is 0 Å². The quantitative estimate of drug-likeness (QED) is 0.748. The lowest BCUT2D eigenvalue weighted by Crippen LogP contribution is -2.48. The third-order valence-electron chi connectivity index (χ3n) is 5.36. The van der Waals surface area contributed by atoms with Gasteiger partial charge in [0.2, 0.25) is 16.8 Å². The number of fused-ring (bicyclic) bond motifs is 1. The van der Waals surface area contributed by atoms with Crippen LogP contribution in [-0.2, 0) is 10.0 Å². The monoisotopic (exact) mass is 437 g/mol. The van der Waals surface area contributed by atoms with E-state index in [4.69, 9.17) is 21.1 Å². The Kier molecular flexibility index (Phi) is 5.98. The molecule has 0 aliphatic carbocycles. The summed E-state index contributed by atoms with van der Waals surface area (Å²) in [5.41, 5.74) is 0.923. The van der Waals surface area contributed by atoms with Crippen LogP contribution in [0.5, 0.6) is 11.5 Å². The van der Waals surface area contributed by atoms with Crippen LogP contribution in [0.15, 0.2) is 47.4 Å². The number of piperazine rings is 1. The molecule has 29 heavy (non-hydrogen) atoms. The van der Waals surface area contributed by atoms with E-state index < -0.39 is 10.0 Å². The van der Waals surface area contributed by atoms with Gasteiger partial charge in [0.05, 0.1) is 4.90 Å². The Morgan fingerprint density at radius 1 is 1.07 bits per heavy atom. The molecule has 156 valence electrons. The topological polar surface area (TPSA) is 71.1 Å². The highest BCUT2D eigenvalue weighted by Crippen LogP contribution is 2.34. The molecule has 0 radical (unpaired) electrons. The first kappa shape index (κ1) is 20.4. The fourth-order valence-corrected chi connectivity index (χ4v) is 4.95. The molecule has 0 amide bonds. The van der Waals surface area contributed by atoms with Crippen LogP contribution in [0.2, 0.25) is 5.02 Å². The van der Waals surface area contributed by atoms with Crippen molar-refractivity contribution < 1.29 is 17.9 Å². The first-order chi connectivity index (χ1) is 13.9. The van der Waals surface area contributed by atoms with Gasteiger partial charge in [-0.1, -0.05) is 29.8 Å². The number of likely N-dealkylation sites (N-methyl/N-ethyl adjacent to an activating group) is 1. The van der Waals surface area contributed by atoms with Gasteiger partial charge in [-0.15, -0.1) is 0 Å². The fourth-order valence-electron chi connectivity index (χ4n) is 3.63. The van der Waals surface area contributed by atoms with Crippen molar-refractivity contribution in [2.45, 2.75) is 10.9 Å². The van der Waals surface area contributed by atoms with Gasteiger partial charge in [0, 0.05) is 49.9 Å². The first-order valence-electron chi connectivity index (χ1n) is 9.50. The van der Waals surface area contributed by atoms with E-state index in [0.717, 1.165) is 31.7 Å². The van der Waals surface area contributed by atoms with Gasteiger partial charge in [0.1, 0.15) is 0 Å². The van der Waals surface area contributed by atoms with Crippen LogP contribution >= 0.6 is 11.6 Å². The van der Waals surface area contributed by atoms with Crippen LogP contribution in [0, 0.1) is 0 Å². The van der Waals surface area contributed by atoms with Gasteiger partial charge >= 0.3 is 0 Å². The van der Waals surface area contributed by atoms with Crippen LogP contribution < -0.4 is 14.2 Å². The Balaban J connectivity index is 1.55. The van der Waals surface area contributed by atoms with Gasteiger partial charge in [-0.25, -0.2) is 13.1 Å². The number of benzene rings is 2. The van der Waals surface area contributed by atoms with E-state index in [1.807, 2.05) is 24.3 Å². The Morgan fingerprint density at radius 2 is 1.79 bits per heavy atom. The lowest BCUT2D eigenvalue weighted by Gasteiger charge is -2.38. The van der Waals surface area contributed by atoms with Crippen LogP contribution in [0.25, 0.3) is 0 Å². The number of rotatable bonds is 6. The summed E-state index contributed by atoms with van der Waals surface area (Å²) in [5.74, 6) is 0.991. The van der Waals surface area contributed by atoms with E-state index in [1.165, 1.54) is 12.1 Å². The highest BCUT2D eigenvalue weighted by atomic mass is 35.5. The second kappa shape index (κ2) is 8.49. The molecule has 2 aliphatic heterocycles. The molecule has 0 spiro atoms. The second-order valence-corrected chi connectivity index (χ2v) is 9.42. The summed E-state index contributed by atoms with van der Waals surface area (Å²) < 4.78 is 39.2. The van der Waals surface area contributed by atoms with Crippen LogP contribution in [0.1, 0.15) is 11.6 Å². The van der Waals surface area contributed by atoms with Crippen molar-refractivity contribution in [2.75, 3.05) is 46.6 Å². The van der Waals surface area contributed by atoms with Crippen molar-refractivity contribution in [1.82, 2.24) is 14.5 Å². The van der Waals surface area contributed by atoms with Crippen LogP contribution in [0.3, 0.4) is 0 Å². The third-order valence-corrected chi connectivity index (χ3v) is 7.13. The molecule has 0 aromatic heterocycles. The molecule has 1 unspecified atom stereocenters. The van der Waals surface area contributed by atoms with E-state index in [1.54, 1.807) is 6.07 Å². The van der Waals surface area contributed by atoms with Gasteiger partial charge in [-0.3, -0.25) is 4.90 Å². The SMILES string of the molecule is CN1CCN(C(CNS(=O)(=O)c2ccc3c(c2)OCO3)c2ccccc2Cl)CC1. The standard InChI is InChI=1S/C20H24ClN3O4S/c1-23-8-10-24(11-9-23)18(16-4-2-3-5-17(16)21)13-22-29(25,26)15-6-7-19-20(12-15)28-14-27-19/h2-7,12,18,22H,8-11,13-14H2,1H3. The number of halogens is 1. The minimum atomic E-state index is -3.71. The molecule has 2 aromatic carbocycles. The van der Waals surface area contributed by atoms with Crippen molar-refractivity contribution >= 4 is 21.6 Å². The summed E-state index contributed by atoms with van der Waals surface area (Å²) in [5, 5.41) is 0.638. The number of hydrogen-bond donors (Lipinski definition) is 1. The van der Waals surface area contributed by atoms with Crippen molar-refractivity contribution in [3.05, 3.63) is 53.1 Å². The van der Waals surface area contributed by atoms with Crippen molar-refractivity contribution in [3.63, 3.8) is 0 Å². The minimum Gasteiger partial charge on any atom is -0.454 e. The molecule has 2 aliphatic rings. The van der Waals surface area contributed by atoms with Gasteiger partial charge in [0.15, 0.2) is 11.5 Å². The summed E-state index contributed by atoms with van der Waals surface area (Å²) in [6.45, 7) is 3.87. The number of nitrogens with one attached hydrogen (secondary N) is 1. The number of hydrogen-bond acceptors (Lipinski definition) is 6. The van der Waals surface area contributed by atoms with E-state index in [9.17, 15) is 8.42 Å². The molecule has 9 heteroatoms. The maximum Gasteiger partial charge on any atom is 0.240 e. The van der Waals surface area contributed by atoms with Crippen LogP contribution in [0.4, 0.5) is 0 Å². The maximum atomic E-state index is 12.9. The largest absolute Gasteiger partial charge is 0.454 e. The molecule has 2 aromatic rings. The zero-order valence-corrected chi connectivity index (χ0v) is 17.7. The lowest BCUT2D eigenvalue weighted by atomic mass is 10.0. The lowest BCUT2D eigenvalue weighted by molar-refractivity contribution is 0.113. The molecule has 0 saturated carbocycles. The summed E-state index contributed by atoms with van der Waals surface area (Å²) in [4.78, 5) is 4.69. The Hall–Kier alpha value is -1.84. The molecule has 1 N–H and O–H groups in total. The van der Waals surface area contributed by atoms with E-state index in [2.05, 4.69) is 21.6 Å². The molecule has 2 heterocycles. The Bertz CT molecular complexity index is 977. The van der Waals surface area contributed by atoms with Gasteiger partial charge in [-0.2, -0.15) is 0 Å². The fraction of sp³-hybridized carbons (Fsp3) is 0.400. The average Bonchev–Trinajstić information content (AvgIpc) is 3.18. The normalized spacial score (nSPS) is 18.7. The molecule has 4 rings (SSSR count). The maximum absolute atomic E-state index is 12.9. The summed E-state index contributed by atoms with van der Waals surface area (Å²) in [6, 6.07) is 12.1. The van der Waals surface area contributed by atoms with E-state index in [0.29, 0.717) is 16.5 Å². The molecule has 0 bridgehead atoms. The van der Waals surface area contributed by atoms with Crippen molar-refractivity contribution in [3.8, 4) is 11.5 Å². The zero-order chi connectivity index (χ0) is 20.4. The first-order valence-corrected chi connectivity index (χ1v) is 11.4. The molecule has 1 atom stereocenters. The van der Waals surface area contributed by atoms with Gasteiger partial charge in [0.25, 0.3) is 0 Å².